The molecule has 3 aromatic heterocycles. The number of nitrogens with one attached hydrogen (secondary N) is 1. The van der Waals surface area contributed by atoms with Gasteiger partial charge in [0.25, 0.3) is 5.91 Å². The summed E-state index contributed by atoms with van der Waals surface area (Å²) in [4.78, 5) is 19.0. The summed E-state index contributed by atoms with van der Waals surface area (Å²) in [6.45, 7) is 0. The molecule has 0 saturated carbocycles. The summed E-state index contributed by atoms with van der Waals surface area (Å²) in [5.74, 6) is 1.24. The predicted molar refractivity (Wildman–Crippen MR) is 115 cm³/mol. The summed E-state index contributed by atoms with van der Waals surface area (Å²) in [6, 6.07) is 11.0. The Bertz CT molecular complexity index is 1210. The highest BCUT2D eigenvalue weighted by atomic mass is 32.1. The number of amides is 1. The van der Waals surface area contributed by atoms with Crippen molar-refractivity contribution in [2.75, 3.05) is 18.2 Å². The average molecular weight is 405 g/mol. The first-order chi connectivity index (χ1) is 14.2. The van der Waals surface area contributed by atoms with Gasteiger partial charge >= 0.3 is 0 Å². The van der Waals surface area contributed by atoms with Crippen LogP contribution < -0.4 is 15.8 Å². The van der Waals surface area contributed by atoms with Gasteiger partial charge in [-0.2, -0.15) is 0 Å². The smallest absolute Gasteiger partial charge is 0.267 e. The summed E-state index contributed by atoms with van der Waals surface area (Å²) < 4.78 is 10.9. The van der Waals surface area contributed by atoms with Gasteiger partial charge in [-0.1, -0.05) is 0 Å². The molecule has 0 saturated heterocycles. The number of anilines is 2. The summed E-state index contributed by atoms with van der Waals surface area (Å²) in [5.41, 5.74) is 10.8. The van der Waals surface area contributed by atoms with Gasteiger partial charge in [0.2, 0.25) is 0 Å². The number of nitrogens with zero attached hydrogens (tertiary/aromatic N) is 1. The number of thiophene rings is 1. The van der Waals surface area contributed by atoms with Crippen LogP contribution in [0.25, 0.3) is 21.5 Å². The van der Waals surface area contributed by atoms with Gasteiger partial charge in [0.15, 0.2) is 0 Å². The molecule has 4 aromatic rings. The van der Waals surface area contributed by atoms with Crippen LogP contribution in [0.4, 0.5) is 11.4 Å². The highest BCUT2D eigenvalue weighted by Gasteiger charge is 2.27. The summed E-state index contributed by atoms with van der Waals surface area (Å²) in [5, 5.41) is 3.72. The van der Waals surface area contributed by atoms with Crippen LogP contribution in [-0.4, -0.2) is 18.0 Å². The number of nitrogen functional groups attached to an aromatic ring is 1. The number of fused-ring (bicyclic) bond motifs is 2. The van der Waals surface area contributed by atoms with Crippen LogP contribution in [0.5, 0.6) is 5.75 Å². The molecule has 3 N–H and O–H groups in total. The lowest BCUT2D eigenvalue weighted by molar-refractivity contribution is 0.103. The predicted octanol–water partition coefficient (Wildman–Crippen LogP) is 4.89. The summed E-state index contributed by atoms with van der Waals surface area (Å²) >= 11 is 1.32. The van der Waals surface area contributed by atoms with Crippen LogP contribution in [0.3, 0.4) is 0 Å². The Kier molecular flexibility index (Phi) is 4.24. The highest BCUT2D eigenvalue weighted by molar-refractivity contribution is 7.21. The zero-order valence-corrected chi connectivity index (χ0v) is 16.6. The van der Waals surface area contributed by atoms with E-state index in [1.54, 1.807) is 37.6 Å². The van der Waals surface area contributed by atoms with E-state index in [2.05, 4.69) is 5.32 Å². The van der Waals surface area contributed by atoms with Crippen molar-refractivity contribution in [3.05, 3.63) is 58.8 Å². The van der Waals surface area contributed by atoms with Crippen molar-refractivity contribution in [2.45, 2.75) is 19.3 Å². The number of aryl methyl sites for hydroxylation is 1. The zero-order valence-electron chi connectivity index (χ0n) is 15.8. The average Bonchev–Trinajstić information content (AvgIpc) is 3.47. The standard InChI is InChI=1S/C22H19N3O3S/c1-27-13-9-7-12(8-10-13)24-21(26)20-19(23)18-17(16-6-3-11-28-16)14-4-2-5-15(14)25-22(18)29-20/h3,6-11H,2,4-5,23H2,1H3,(H,24,26). The molecule has 0 bridgehead atoms. The Hall–Kier alpha value is -3.32. The second-order valence-corrected chi connectivity index (χ2v) is 7.95. The number of hydrogen-bond donors (Lipinski definition) is 2. The van der Waals surface area contributed by atoms with Gasteiger partial charge in [0.1, 0.15) is 21.2 Å². The minimum absolute atomic E-state index is 0.249. The molecule has 0 aliphatic heterocycles. The van der Waals surface area contributed by atoms with Crippen LogP contribution in [0, 0.1) is 0 Å². The molecule has 6 nitrogen and oxygen atoms in total. The van der Waals surface area contributed by atoms with Gasteiger partial charge in [-0.05, 0) is 61.2 Å². The van der Waals surface area contributed by atoms with Crippen LogP contribution in [0.2, 0.25) is 0 Å². The van der Waals surface area contributed by atoms with Crippen LogP contribution in [0.1, 0.15) is 27.3 Å². The molecular formula is C22H19N3O3S. The molecule has 0 spiro atoms. The Morgan fingerprint density at radius 3 is 2.79 bits per heavy atom. The highest BCUT2D eigenvalue weighted by Crippen LogP contribution is 2.44. The van der Waals surface area contributed by atoms with Gasteiger partial charge in [0.05, 0.1) is 19.1 Å². The molecule has 3 heterocycles. The maximum absolute atomic E-state index is 12.9. The maximum Gasteiger partial charge on any atom is 0.267 e. The largest absolute Gasteiger partial charge is 0.497 e. The Morgan fingerprint density at radius 2 is 2.07 bits per heavy atom. The van der Waals surface area contributed by atoms with E-state index in [-0.39, 0.29) is 5.91 Å². The molecule has 0 radical (unpaired) electrons. The topological polar surface area (TPSA) is 90.4 Å². The SMILES string of the molecule is COc1ccc(NC(=O)c2sc3nc4c(c(-c5ccco5)c3c2N)CCC4)cc1. The number of methoxy groups -OCH3 is 1. The number of ether oxygens (including phenoxy) is 1. The zero-order chi connectivity index (χ0) is 20.0. The molecule has 146 valence electrons. The van der Waals surface area contributed by atoms with Crippen molar-refractivity contribution in [1.29, 1.82) is 0 Å². The number of aromatic nitrogens is 1. The van der Waals surface area contributed by atoms with Crippen molar-refractivity contribution in [3.63, 3.8) is 0 Å². The van der Waals surface area contributed by atoms with Crippen molar-refractivity contribution in [1.82, 2.24) is 4.98 Å². The monoisotopic (exact) mass is 405 g/mol. The number of hydrogen-bond acceptors (Lipinski definition) is 6. The molecule has 1 amide bonds. The molecule has 7 heteroatoms. The Morgan fingerprint density at radius 1 is 1.24 bits per heavy atom. The first-order valence-corrected chi connectivity index (χ1v) is 10.2. The molecular weight excluding hydrogens is 386 g/mol. The van der Waals surface area contributed by atoms with Gasteiger partial charge in [-0.15, -0.1) is 11.3 Å². The summed E-state index contributed by atoms with van der Waals surface area (Å²) in [6.07, 6.45) is 4.60. The molecule has 1 aromatic carbocycles. The number of nitrogens with two attached hydrogens (primary N) is 1. The number of carbonyl (C=O) groups excluding carboxylic acids is 1. The maximum atomic E-state index is 12.9. The third-order valence-electron chi connectivity index (χ3n) is 5.23. The Labute approximate surface area is 171 Å². The van der Waals surface area contributed by atoms with Gasteiger partial charge in [0, 0.05) is 22.3 Å². The molecule has 0 atom stereocenters. The first kappa shape index (κ1) is 17.8. The Balaban J connectivity index is 1.60. The van der Waals surface area contributed by atoms with E-state index >= 15 is 0 Å². The molecule has 5 rings (SSSR count). The quantitative estimate of drug-likeness (QED) is 0.505. The van der Waals surface area contributed by atoms with Gasteiger partial charge < -0.3 is 20.2 Å². The molecule has 0 fully saturated rings. The van der Waals surface area contributed by atoms with Crippen LogP contribution in [-0.2, 0) is 12.8 Å². The molecule has 29 heavy (non-hydrogen) atoms. The fourth-order valence-electron chi connectivity index (χ4n) is 3.87. The minimum atomic E-state index is -0.249. The van der Waals surface area contributed by atoms with Gasteiger partial charge in [-0.25, -0.2) is 4.98 Å². The second-order valence-electron chi connectivity index (χ2n) is 6.95. The minimum Gasteiger partial charge on any atom is -0.497 e. The first-order valence-electron chi connectivity index (χ1n) is 9.38. The van der Waals surface area contributed by atoms with E-state index in [1.807, 2.05) is 12.1 Å². The molecule has 1 aliphatic carbocycles. The number of pyridine rings is 1. The van der Waals surface area contributed by atoms with E-state index in [9.17, 15) is 4.79 Å². The molecule has 1 aliphatic rings. The fourth-order valence-corrected chi connectivity index (χ4v) is 4.89. The van der Waals surface area contributed by atoms with Crippen molar-refractivity contribution in [3.8, 4) is 17.1 Å². The van der Waals surface area contributed by atoms with Crippen molar-refractivity contribution in [2.24, 2.45) is 0 Å². The normalized spacial score (nSPS) is 12.9. The van der Waals surface area contributed by atoms with Gasteiger partial charge in [-0.3, -0.25) is 4.79 Å². The number of rotatable bonds is 4. The number of furan rings is 1. The van der Waals surface area contributed by atoms with E-state index in [0.717, 1.165) is 52.2 Å². The third kappa shape index (κ3) is 2.94. The van der Waals surface area contributed by atoms with Crippen molar-refractivity contribution < 1.29 is 13.9 Å². The van der Waals surface area contributed by atoms with Crippen LogP contribution >= 0.6 is 11.3 Å². The lowest BCUT2D eigenvalue weighted by Crippen LogP contribution is -2.11. The lowest BCUT2D eigenvalue weighted by atomic mass is 10.0. The van der Waals surface area contributed by atoms with E-state index < -0.39 is 0 Å². The van der Waals surface area contributed by atoms with Crippen molar-refractivity contribution >= 4 is 38.8 Å². The number of carbonyl (C=O) groups is 1. The lowest BCUT2D eigenvalue weighted by Gasteiger charge is -2.09. The van der Waals surface area contributed by atoms with Crippen LogP contribution in [0.15, 0.2) is 47.1 Å². The second kappa shape index (κ2) is 6.93. The van der Waals surface area contributed by atoms with E-state index in [0.29, 0.717) is 16.3 Å². The third-order valence-corrected chi connectivity index (χ3v) is 6.32. The van der Waals surface area contributed by atoms with E-state index in [1.165, 1.54) is 16.9 Å². The number of benzene rings is 1. The van der Waals surface area contributed by atoms with E-state index in [4.69, 9.17) is 19.9 Å². The fraction of sp³-hybridized carbons (Fsp3) is 0.182. The summed E-state index contributed by atoms with van der Waals surface area (Å²) in [7, 11) is 1.60. The molecule has 0 unspecified atom stereocenters.